The Morgan fingerprint density at radius 2 is 2.12 bits per heavy atom. The first-order chi connectivity index (χ1) is 7.54. The van der Waals surface area contributed by atoms with Crippen molar-refractivity contribution >= 4 is 11.8 Å². The van der Waals surface area contributed by atoms with Crippen molar-refractivity contribution in [2.24, 2.45) is 0 Å². The van der Waals surface area contributed by atoms with Crippen molar-refractivity contribution in [2.75, 3.05) is 21.2 Å². The molecule has 0 heterocycles. The molecule has 5 nitrogen and oxygen atoms in total. The molecule has 0 N–H and O–H groups in total. The van der Waals surface area contributed by atoms with E-state index in [4.69, 9.17) is 4.74 Å². The van der Waals surface area contributed by atoms with Crippen LogP contribution in [0.15, 0.2) is 24.4 Å². The lowest BCUT2D eigenvalue weighted by Crippen LogP contribution is -1.99. The van der Waals surface area contributed by atoms with Gasteiger partial charge in [-0.1, -0.05) is 0 Å². The van der Waals surface area contributed by atoms with Crippen LogP contribution in [-0.2, 0) is 0 Å². The maximum absolute atomic E-state index is 10.7. The predicted molar refractivity (Wildman–Crippen MR) is 62.4 cm³/mol. The summed E-state index contributed by atoms with van der Waals surface area (Å²) in [6, 6.07) is 4.76. The highest BCUT2D eigenvalue weighted by Crippen LogP contribution is 2.27. The standard InChI is InChI=1S/C11H14N2O3/c1-12(2)7-6-9-4-5-10(13(14)15)11(8-9)16-3/h4-8H,1-3H3/b7-6+. The maximum Gasteiger partial charge on any atom is 0.310 e. The van der Waals surface area contributed by atoms with Gasteiger partial charge in [-0.05, 0) is 30.0 Å². The second-order valence-electron chi connectivity index (χ2n) is 3.47. The van der Waals surface area contributed by atoms with Gasteiger partial charge in [-0.15, -0.1) is 0 Å². The summed E-state index contributed by atoms with van der Waals surface area (Å²) >= 11 is 0. The Labute approximate surface area is 94.1 Å². The summed E-state index contributed by atoms with van der Waals surface area (Å²) in [4.78, 5) is 12.1. The second kappa shape index (κ2) is 5.16. The second-order valence-corrected chi connectivity index (χ2v) is 3.47. The number of nitro benzene ring substituents is 1. The Morgan fingerprint density at radius 1 is 1.44 bits per heavy atom. The van der Waals surface area contributed by atoms with Gasteiger partial charge in [0, 0.05) is 20.2 Å². The van der Waals surface area contributed by atoms with E-state index in [0.29, 0.717) is 0 Å². The van der Waals surface area contributed by atoms with Crippen molar-refractivity contribution in [3.05, 3.63) is 40.1 Å². The SMILES string of the molecule is COc1cc(/C=C/N(C)C)ccc1[N+](=O)[O-]. The van der Waals surface area contributed by atoms with Gasteiger partial charge in [-0.3, -0.25) is 10.1 Å². The van der Waals surface area contributed by atoms with Crippen molar-refractivity contribution < 1.29 is 9.66 Å². The predicted octanol–water partition coefficient (Wildman–Crippen LogP) is 2.14. The molecule has 0 saturated carbocycles. The van der Waals surface area contributed by atoms with Gasteiger partial charge in [-0.2, -0.15) is 0 Å². The Balaban J connectivity index is 3.04. The first kappa shape index (κ1) is 12.0. The van der Waals surface area contributed by atoms with Gasteiger partial charge in [0.1, 0.15) is 0 Å². The third-order valence-corrected chi connectivity index (χ3v) is 1.97. The summed E-state index contributed by atoms with van der Waals surface area (Å²) in [5, 5.41) is 10.7. The molecule has 1 rings (SSSR count). The van der Waals surface area contributed by atoms with Gasteiger partial charge >= 0.3 is 5.69 Å². The molecule has 0 amide bonds. The van der Waals surface area contributed by atoms with Gasteiger partial charge in [0.15, 0.2) is 5.75 Å². The molecule has 0 radical (unpaired) electrons. The van der Waals surface area contributed by atoms with Gasteiger partial charge in [0.05, 0.1) is 12.0 Å². The van der Waals surface area contributed by atoms with E-state index in [1.54, 1.807) is 12.1 Å². The molecule has 0 aliphatic heterocycles. The normalized spacial score (nSPS) is 10.4. The van der Waals surface area contributed by atoms with E-state index in [-0.39, 0.29) is 11.4 Å². The van der Waals surface area contributed by atoms with Crippen LogP contribution in [0.25, 0.3) is 6.08 Å². The smallest absolute Gasteiger partial charge is 0.310 e. The highest BCUT2D eigenvalue weighted by atomic mass is 16.6. The fourth-order valence-electron chi connectivity index (χ4n) is 1.18. The maximum atomic E-state index is 10.7. The van der Waals surface area contributed by atoms with Crippen LogP contribution in [0.5, 0.6) is 5.75 Å². The number of benzene rings is 1. The van der Waals surface area contributed by atoms with Crippen molar-refractivity contribution in [3.63, 3.8) is 0 Å². The molecule has 0 aromatic heterocycles. The number of nitrogens with zero attached hydrogens (tertiary/aromatic N) is 2. The largest absolute Gasteiger partial charge is 0.490 e. The molecule has 0 fully saturated rings. The molecule has 0 spiro atoms. The monoisotopic (exact) mass is 222 g/mol. The van der Waals surface area contributed by atoms with Crippen LogP contribution in [0.2, 0.25) is 0 Å². The summed E-state index contributed by atoms with van der Waals surface area (Å²) < 4.78 is 4.96. The molecule has 0 atom stereocenters. The molecule has 0 unspecified atom stereocenters. The lowest BCUT2D eigenvalue weighted by Gasteiger charge is -2.05. The van der Waals surface area contributed by atoms with Crippen LogP contribution in [0.4, 0.5) is 5.69 Å². The van der Waals surface area contributed by atoms with Crippen molar-refractivity contribution in [1.82, 2.24) is 4.90 Å². The van der Waals surface area contributed by atoms with Crippen LogP contribution in [0.1, 0.15) is 5.56 Å². The Kier molecular flexibility index (Phi) is 3.88. The molecule has 16 heavy (non-hydrogen) atoms. The fraction of sp³-hybridized carbons (Fsp3) is 0.273. The number of rotatable bonds is 4. The van der Waals surface area contributed by atoms with Crippen LogP contribution >= 0.6 is 0 Å². The molecular formula is C11H14N2O3. The van der Waals surface area contributed by atoms with E-state index in [1.807, 2.05) is 31.3 Å². The van der Waals surface area contributed by atoms with Crippen LogP contribution in [0, 0.1) is 10.1 Å². The zero-order valence-electron chi connectivity index (χ0n) is 9.51. The minimum atomic E-state index is -0.460. The van der Waals surface area contributed by atoms with E-state index in [2.05, 4.69) is 0 Å². The van der Waals surface area contributed by atoms with Crippen molar-refractivity contribution in [3.8, 4) is 5.75 Å². The molecule has 5 heteroatoms. The summed E-state index contributed by atoms with van der Waals surface area (Å²) in [5.41, 5.74) is 0.834. The summed E-state index contributed by atoms with van der Waals surface area (Å²) in [6.45, 7) is 0. The zero-order valence-corrected chi connectivity index (χ0v) is 9.51. The molecule has 0 bridgehead atoms. The minimum Gasteiger partial charge on any atom is -0.490 e. The van der Waals surface area contributed by atoms with E-state index >= 15 is 0 Å². The molecule has 1 aromatic carbocycles. The van der Waals surface area contributed by atoms with Crippen molar-refractivity contribution in [2.45, 2.75) is 0 Å². The summed E-state index contributed by atoms with van der Waals surface area (Å²) in [7, 11) is 5.22. The average molecular weight is 222 g/mol. The van der Waals surface area contributed by atoms with E-state index < -0.39 is 4.92 Å². The number of nitro groups is 1. The van der Waals surface area contributed by atoms with Gasteiger partial charge < -0.3 is 9.64 Å². The van der Waals surface area contributed by atoms with Crippen LogP contribution in [0.3, 0.4) is 0 Å². The highest BCUT2D eigenvalue weighted by molar-refractivity contribution is 5.58. The number of hydrogen-bond acceptors (Lipinski definition) is 4. The van der Waals surface area contributed by atoms with Crippen LogP contribution in [-0.4, -0.2) is 31.0 Å². The average Bonchev–Trinajstić information content (AvgIpc) is 2.25. The van der Waals surface area contributed by atoms with Crippen molar-refractivity contribution in [1.29, 1.82) is 0 Å². The molecule has 0 aliphatic rings. The van der Waals surface area contributed by atoms with Gasteiger partial charge in [0.2, 0.25) is 0 Å². The van der Waals surface area contributed by atoms with Gasteiger partial charge in [0.25, 0.3) is 0 Å². The van der Waals surface area contributed by atoms with E-state index in [1.165, 1.54) is 13.2 Å². The quantitative estimate of drug-likeness (QED) is 0.578. The first-order valence-electron chi connectivity index (χ1n) is 4.71. The Bertz CT molecular complexity index is 414. The van der Waals surface area contributed by atoms with E-state index in [9.17, 15) is 10.1 Å². The third-order valence-electron chi connectivity index (χ3n) is 1.97. The Morgan fingerprint density at radius 3 is 2.62 bits per heavy atom. The third kappa shape index (κ3) is 2.98. The topological polar surface area (TPSA) is 55.6 Å². The molecule has 0 aliphatic carbocycles. The number of hydrogen-bond donors (Lipinski definition) is 0. The fourth-order valence-corrected chi connectivity index (χ4v) is 1.18. The molecular weight excluding hydrogens is 208 g/mol. The lowest BCUT2D eigenvalue weighted by molar-refractivity contribution is -0.385. The van der Waals surface area contributed by atoms with Crippen LogP contribution < -0.4 is 4.74 Å². The minimum absolute atomic E-state index is 0.0236. The van der Waals surface area contributed by atoms with Gasteiger partial charge in [-0.25, -0.2) is 0 Å². The molecule has 1 aromatic rings. The molecule has 0 saturated heterocycles. The Hall–Kier alpha value is -2.04. The summed E-state index contributed by atoms with van der Waals surface area (Å²) in [5.74, 6) is 0.269. The molecule has 86 valence electrons. The highest BCUT2D eigenvalue weighted by Gasteiger charge is 2.13. The number of ether oxygens (including phenoxy) is 1. The number of methoxy groups -OCH3 is 1. The first-order valence-corrected chi connectivity index (χ1v) is 4.71. The lowest BCUT2D eigenvalue weighted by atomic mass is 10.2. The van der Waals surface area contributed by atoms with E-state index in [0.717, 1.165) is 5.56 Å². The summed E-state index contributed by atoms with van der Waals surface area (Å²) in [6.07, 6.45) is 3.72. The zero-order chi connectivity index (χ0) is 12.1.